The van der Waals surface area contributed by atoms with Gasteiger partial charge in [0, 0.05) is 5.56 Å². The third-order valence-electron chi connectivity index (χ3n) is 2.32. The molecule has 0 saturated heterocycles. The lowest BCUT2D eigenvalue weighted by Crippen LogP contribution is -1.93. The van der Waals surface area contributed by atoms with Crippen LogP contribution in [0.25, 0.3) is 11.1 Å². The number of hydrogen-bond acceptors (Lipinski definition) is 2. The molecule has 0 fully saturated rings. The van der Waals surface area contributed by atoms with Gasteiger partial charge in [-0.25, -0.2) is 0 Å². The Bertz CT molecular complexity index is 418. The third kappa shape index (κ3) is 2.24. The Kier molecular flexibility index (Phi) is 2.81. The number of aliphatic hydroxyl groups is 2. The van der Waals surface area contributed by atoms with E-state index in [0.29, 0.717) is 5.56 Å². The highest BCUT2D eigenvalue weighted by atomic mass is 16.5. The molecular formula is C13H12O2. The van der Waals surface area contributed by atoms with Crippen LogP contribution in [0.5, 0.6) is 0 Å². The summed E-state index contributed by atoms with van der Waals surface area (Å²) in [6, 6.07) is 17.1. The molecule has 0 saturated carbocycles. The molecular weight excluding hydrogens is 188 g/mol. The molecule has 0 aromatic heterocycles. The Morgan fingerprint density at radius 3 is 1.73 bits per heavy atom. The summed E-state index contributed by atoms with van der Waals surface area (Å²) in [6.07, 6.45) is -1.39. The van der Waals surface area contributed by atoms with Crippen molar-refractivity contribution in [1.29, 1.82) is 0 Å². The zero-order valence-electron chi connectivity index (χ0n) is 8.17. The lowest BCUT2D eigenvalue weighted by atomic mass is 10.0. The second-order valence-electron chi connectivity index (χ2n) is 3.36. The Labute approximate surface area is 88.4 Å². The van der Waals surface area contributed by atoms with E-state index in [0.717, 1.165) is 11.1 Å². The number of hydrogen-bond donors (Lipinski definition) is 2. The highest BCUT2D eigenvalue weighted by Crippen LogP contribution is 2.20. The van der Waals surface area contributed by atoms with Gasteiger partial charge in [0.25, 0.3) is 0 Å². The SMILES string of the molecule is OC(O)c1ccc(-c2ccccc2)cc1. The van der Waals surface area contributed by atoms with Crippen LogP contribution in [0.2, 0.25) is 0 Å². The average molecular weight is 200 g/mol. The first-order chi connectivity index (χ1) is 7.27. The van der Waals surface area contributed by atoms with Gasteiger partial charge < -0.3 is 10.2 Å². The monoisotopic (exact) mass is 200 g/mol. The Hall–Kier alpha value is -1.64. The van der Waals surface area contributed by atoms with Crippen molar-refractivity contribution >= 4 is 0 Å². The molecule has 2 aromatic rings. The molecule has 0 aliphatic carbocycles. The molecule has 2 aromatic carbocycles. The fourth-order valence-electron chi connectivity index (χ4n) is 1.48. The van der Waals surface area contributed by atoms with E-state index in [1.165, 1.54) is 0 Å². The fourth-order valence-corrected chi connectivity index (χ4v) is 1.48. The molecule has 2 nitrogen and oxygen atoms in total. The normalized spacial score (nSPS) is 10.6. The highest BCUT2D eigenvalue weighted by Gasteiger charge is 2.02. The number of aliphatic hydroxyl groups excluding tert-OH is 1. The van der Waals surface area contributed by atoms with Crippen molar-refractivity contribution in [3.8, 4) is 11.1 Å². The smallest absolute Gasteiger partial charge is 0.178 e. The van der Waals surface area contributed by atoms with Crippen LogP contribution in [-0.4, -0.2) is 10.2 Å². The van der Waals surface area contributed by atoms with Crippen molar-refractivity contribution < 1.29 is 10.2 Å². The Balaban J connectivity index is 2.32. The maximum atomic E-state index is 8.94. The molecule has 0 atom stereocenters. The zero-order valence-corrected chi connectivity index (χ0v) is 8.17. The molecule has 2 heteroatoms. The molecule has 0 radical (unpaired) electrons. The molecule has 0 heterocycles. The minimum absolute atomic E-state index is 0.509. The molecule has 0 aliphatic rings. The van der Waals surface area contributed by atoms with Gasteiger partial charge in [-0.15, -0.1) is 0 Å². The van der Waals surface area contributed by atoms with Crippen molar-refractivity contribution in [2.45, 2.75) is 6.29 Å². The Morgan fingerprint density at radius 2 is 1.20 bits per heavy atom. The van der Waals surface area contributed by atoms with Gasteiger partial charge in [-0.2, -0.15) is 0 Å². The Morgan fingerprint density at radius 1 is 0.667 bits per heavy atom. The molecule has 2 N–H and O–H groups in total. The van der Waals surface area contributed by atoms with E-state index in [-0.39, 0.29) is 0 Å². The van der Waals surface area contributed by atoms with Crippen LogP contribution in [0.1, 0.15) is 11.9 Å². The first-order valence-electron chi connectivity index (χ1n) is 4.79. The third-order valence-corrected chi connectivity index (χ3v) is 2.32. The molecule has 0 spiro atoms. The summed E-state index contributed by atoms with van der Waals surface area (Å²) >= 11 is 0. The second-order valence-corrected chi connectivity index (χ2v) is 3.36. The van der Waals surface area contributed by atoms with E-state index in [1.807, 2.05) is 42.5 Å². The topological polar surface area (TPSA) is 40.5 Å². The summed E-state index contributed by atoms with van der Waals surface area (Å²) in [5, 5.41) is 17.9. The van der Waals surface area contributed by atoms with Crippen LogP contribution >= 0.6 is 0 Å². The summed E-state index contributed by atoms with van der Waals surface area (Å²) in [6.45, 7) is 0. The maximum Gasteiger partial charge on any atom is 0.178 e. The molecule has 15 heavy (non-hydrogen) atoms. The fraction of sp³-hybridized carbons (Fsp3) is 0.0769. The summed E-state index contributed by atoms with van der Waals surface area (Å²) in [5.74, 6) is 0. The minimum Gasteiger partial charge on any atom is -0.364 e. The van der Waals surface area contributed by atoms with E-state index in [4.69, 9.17) is 10.2 Å². The quantitative estimate of drug-likeness (QED) is 0.730. The van der Waals surface area contributed by atoms with Crippen LogP contribution in [0.3, 0.4) is 0 Å². The molecule has 0 bridgehead atoms. The van der Waals surface area contributed by atoms with Crippen LogP contribution in [0.4, 0.5) is 0 Å². The second kappa shape index (κ2) is 4.26. The van der Waals surface area contributed by atoms with Crippen LogP contribution in [0.15, 0.2) is 54.6 Å². The summed E-state index contributed by atoms with van der Waals surface area (Å²) in [7, 11) is 0. The van der Waals surface area contributed by atoms with Gasteiger partial charge in [-0.3, -0.25) is 0 Å². The first-order valence-corrected chi connectivity index (χ1v) is 4.79. The summed E-state index contributed by atoms with van der Waals surface area (Å²) in [4.78, 5) is 0. The summed E-state index contributed by atoms with van der Waals surface area (Å²) < 4.78 is 0. The average Bonchev–Trinajstić information content (AvgIpc) is 2.30. The van der Waals surface area contributed by atoms with Crippen LogP contribution in [0, 0.1) is 0 Å². The van der Waals surface area contributed by atoms with E-state index in [2.05, 4.69) is 0 Å². The largest absolute Gasteiger partial charge is 0.364 e. The predicted octanol–water partition coefficient (Wildman–Crippen LogP) is 2.34. The molecule has 76 valence electrons. The molecule has 2 rings (SSSR count). The lowest BCUT2D eigenvalue weighted by Gasteiger charge is -2.05. The number of benzene rings is 2. The van der Waals surface area contributed by atoms with Gasteiger partial charge in [0.2, 0.25) is 0 Å². The van der Waals surface area contributed by atoms with E-state index in [1.54, 1.807) is 12.1 Å². The molecule has 0 unspecified atom stereocenters. The van der Waals surface area contributed by atoms with Gasteiger partial charge in [-0.1, -0.05) is 54.6 Å². The van der Waals surface area contributed by atoms with Crippen LogP contribution in [-0.2, 0) is 0 Å². The van der Waals surface area contributed by atoms with Crippen molar-refractivity contribution in [1.82, 2.24) is 0 Å². The maximum absolute atomic E-state index is 8.94. The van der Waals surface area contributed by atoms with Crippen molar-refractivity contribution in [2.24, 2.45) is 0 Å². The summed E-state index contributed by atoms with van der Waals surface area (Å²) in [5.41, 5.74) is 2.70. The zero-order chi connectivity index (χ0) is 10.7. The van der Waals surface area contributed by atoms with Gasteiger partial charge in [0.1, 0.15) is 0 Å². The standard InChI is InChI=1S/C13H12O2/c14-13(15)12-8-6-11(7-9-12)10-4-2-1-3-5-10/h1-9,13-15H. The molecule has 0 amide bonds. The number of rotatable bonds is 2. The lowest BCUT2D eigenvalue weighted by molar-refractivity contribution is -0.0424. The minimum atomic E-state index is -1.39. The van der Waals surface area contributed by atoms with Crippen molar-refractivity contribution in [2.75, 3.05) is 0 Å². The molecule has 0 aliphatic heterocycles. The van der Waals surface area contributed by atoms with E-state index in [9.17, 15) is 0 Å². The van der Waals surface area contributed by atoms with Gasteiger partial charge in [-0.05, 0) is 11.1 Å². The van der Waals surface area contributed by atoms with E-state index >= 15 is 0 Å². The highest BCUT2D eigenvalue weighted by molar-refractivity contribution is 5.63. The van der Waals surface area contributed by atoms with E-state index < -0.39 is 6.29 Å². The van der Waals surface area contributed by atoms with Gasteiger partial charge in [0.15, 0.2) is 6.29 Å². The predicted molar refractivity (Wildman–Crippen MR) is 59.1 cm³/mol. The van der Waals surface area contributed by atoms with Gasteiger partial charge in [0.05, 0.1) is 0 Å². The first kappa shape index (κ1) is 9.90. The van der Waals surface area contributed by atoms with Crippen molar-refractivity contribution in [3.05, 3.63) is 60.2 Å². The van der Waals surface area contributed by atoms with Crippen molar-refractivity contribution in [3.63, 3.8) is 0 Å². The van der Waals surface area contributed by atoms with Gasteiger partial charge >= 0.3 is 0 Å². The van der Waals surface area contributed by atoms with Crippen LogP contribution < -0.4 is 0 Å².